The third-order valence-corrected chi connectivity index (χ3v) is 3.34. The number of carbonyl (C=O) groups is 1. The van der Waals surface area contributed by atoms with Crippen molar-refractivity contribution in [3.8, 4) is 0 Å². The zero-order valence-electron chi connectivity index (χ0n) is 12.3. The summed E-state index contributed by atoms with van der Waals surface area (Å²) >= 11 is 0. The molecule has 0 aliphatic heterocycles. The lowest BCUT2D eigenvalue weighted by Gasteiger charge is -2.33. The Morgan fingerprint density at radius 3 is 1.38 bits per heavy atom. The molecule has 13 heteroatoms. The molecule has 0 aromatic rings. The number of aliphatic hydroxyl groups excluding tert-OH is 9. The molecule has 0 fully saturated rings. The van der Waals surface area contributed by atoms with Gasteiger partial charge in [-0.1, -0.05) is 0 Å². The van der Waals surface area contributed by atoms with Gasteiger partial charge in [0.2, 0.25) is 0 Å². The van der Waals surface area contributed by atoms with Crippen molar-refractivity contribution in [3.05, 3.63) is 0 Å². The lowest BCUT2D eigenvalue weighted by molar-refractivity contribution is -0.191. The number of aliphatic carboxylic acids is 1. The molecule has 0 amide bonds. The number of hydrogen-bond donors (Lipinski definition) is 11. The second-order valence-corrected chi connectivity index (χ2v) is 5.12. The zero-order valence-corrected chi connectivity index (χ0v) is 12.3. The van der Waals surface area contributed by atoms with Gasteiger partial charge in [-0.15, -0.1) is 0 Å². The predicted molar refractivity (Wildman–Crippen MR) is 71.8 cm³/mol. The van der Waals surface area contributed by atoms with E-state index in [1.807, 2.05) is 0 Å². The number of carboxylic acids is 1. The summed E-state index contributed by atoms with van der Waals surface area (Å²) < 4.78 is 0. The second kappa shape index (κ2) is 10.1. The average Bonchev–Trinajstić information content (AvgIpc) is 2.56. The van der Waals surface area contributed by atoms with Gasteiger partial charge in [-0.3, -0.25) is 0 Å². The van der Waals surface area contributed by atoms with Crippen molar-refractivity contribution in [2.24, 2.45) is 5.90 Å². The molecule has 0 rings (SSSR count). The van der Waals surface area contributed by atoms with Crippen molar-refractivity contribution >= 4 is 5.97 Å². The second-order valence-electron chi connectivity index (χ2n) is 5.12. The van der Waals surface area contributed by atoms with E-state index < -0.39 is 67.5 Å². The molecule has 0 saturated heterocycles. The first kappa shape index (κ1) is 23.0. The zero-order chi connectivity index (χ0) is 19.2. The molecule has 144 valence electrons. The van der Waals surface area contributed by atoms with Crippen LogP contribution < -0.4 is 5.90 Å². The highest BCUT2D eigenvalue weighted by atomic mass is 16.6. The summed E-state index contributed by atoms with van der Waals surface area (Å²) in [6.07, 6.45) is -20.6. The third-order valence-electron chi connectivity index (χ3n) is 3.34. The van der Waals surface area contributed by atoms with Gasteiger partial charge in [-0.25, -0.2) is 10.7 Å². The van der Waals surface area contributed by atoms with E-state index in [0.717, 1.165) is 0 Å². The fourth-order valence-corrected chi connectivity index (χ4v) is 1.77. The molecular formula is C11H23NO12. The lowest BCUT2D eigenvalue weighted by Crippen LogP contribution is -2.58. The SMILES string of the molecule is NOCC(O)C(O)C(O)C(O)C(O)C(O)C(O)C(O)C(O)C(=O)O. The van der Waals surface area contributed by atoms with Crippen LogP contribution in [0, 0.1) is 0 Å². The summed E-state index contributed by atoms with van der Waals surface area (Å²) in [4.78, 5) is 14.5. The van der Waals surface area contributed by atoms with Gasteiger partial charge < -0.3 is 55.9 Å². The quantitative estimate of drug-likeness (QED) is 0.153. The minimum Gasteiger partial charge on any atom is -0.479 e. The van der Waals surface area contributed by atoms with E-state index in [1.165, 1.54) is 0 Å². The van der Waals surface area contributed by atoms with Crippen LogP contribution in [0.2, 0.25) is 0 Å². The van der Waals surface area contributed by atoms with Gasteiger partial charge in [0.1, 0.15) is 48.8 Å². The predicted octanol–water partition coefficient (Wildman–Crippen LogP) is -6.79. The summed E-state index contributed by atoms with van der Waals surface area (Å²) in [5.74, 6) is 2.71. The van der Waals surface area contributed by atoms with E-state index in [2.05, 4.69) is 10.7 Å². The summed E-state index contributed by atoms with van der Waals surface area (Å²) in [5.41, 5.74) is 0. The van der Waals surface area contributed by atoms with Gasteiger partial charge >= 0.3 is 5.97 Å². The van der Waals surface area contributed by atoms with E-state index in [4.69, 9.17) is 10.2 Å². The maximum atomic E-state index is 10.5. The first-order valence-electron chi connectivity index (χ1n) is 6.64. The Balaban J connectivity index is 4.92. The fraction of sp³-hybridized carbons (Fsp3) is 0.909. The van der Waals surface area contributed by atoms with E-state index in [0.29, 0.717) is 0 Å². The van der Waals surface area contributed by atoms with Gasteiger partial charge in [-0.2, -0.15) is 0 Å². The average molecular weight is 361 g/mol. The summed E-state index contributed by atoms with van der Waals surface area (Å²) in [7, 11) is 0. The molecule has 0 aromatic heterocycles. The highest BCUT2D eigenvalue weighted by Crippen LogP contribution is 2.16. The van der Waals surface area contributed by atoms with E-state index in [1.54, 1.807) is 0 Å². The Morgan fingerprint density at radius 1 is 0.708 bits per heavy atom. The Kier molecular flexibility index (Phi) is 9.71. The van der Waals surface area contributed by atoms with E-state index in [-0.39, 0.29) is 0 Å². The molecule has 13 nitrogen and oxygen atoms in total. The lowest BCUT2D eigenvalue weighted by atomic mass is 9.91. The molecule has 24 heavy (non-hydrogen) atoms. The van der Waals surface area contributed by atoms with E-state index >= 15 is 0 Å². The van der Waals surface area contributed by atoms with Crippen molar-refractivity contribution in [2.45, 2.75) is 54.9 Å². The first-order chi connectivity index (χ1) is 11.0. The molecule has 0 bridgehead atoms. The van der Waals surface area contributed by atoms with Crippen LogP contribution in [-0.4, -0.2) is 119 Å². The van der Waals surface area contributed by atoms with Gasteiger partial charge in [0.05, 0.1) is 6.61 Å². The van der Waals surface area contributed by atoms with Crippen molar-refractivity contribution in [1.29, 1.82) is 0 Å². The third kappa shape index (κ3) is 5.83. The molecular weight excluding hydrogens is 338 g/mol. The maximum Gasteiger partial charge on any atom is 0.335 e. The molecule has 12 N–H and O–H groups in total. The Labute approximate surface area is 135 Å². The van der Waals surface area contributed by atoms with Crippen LogP contribution in [-0.2, 0) is 9.63 Å². The highest BCUT2D eigenvalue weighted by molar-refractivity contribution is 5.72. The van der Waals surface area contributed by atoms with Crippen molar-refractivity contribution in [1.82, 2.24) is 0 Å². The molecule has 0 aliphatic rings. The molecule has 9 atom stereocenters. The van der Waals surface area contributed by atoms with Crippen molar-refractivity contribution in [3.63, 3.8) is 0 Å². The van der Waals surface area contributed by atoms with Crippen LogP contribution in [0.3, 0.4) is 0 Å². The Bertz CT molecular complexity index is 384. The van der Waals surface area contributed by atoms with Gasteiger partial charge in [0, 0.05) is 0 Å². The molecule has 0 aromatic carbocycles. The fourth-order valence-electron chi connectivity index (χ4n) is 1.77. The molecule has 0 saturated carbocycles. The standard InChI is InChI=1S/C11H23NO12/c12-24-1-2(13)3(14)4(15)5(16)6(17)7(18)8(19)9(20)10(21)11(22)23/h2-10,13-21H,1,12H2,(H,22,23). The van der Waals surface area contributed by atoms with Gasteiger partial charge in [0.25, 0.3) is 0 Å². The van der Waals surface area contributed by atoms with Gasteiger partial charge in [-0.05, 0) is 0 Å². The maximum absolute atomic E-state index is 10.5. The molecule has 0 aliphatic carbocycles. The Morgan fingerprint density at radius 2 is 1.04 bits per heavy atom. The number of aliphatic hydroxyl groups is 9. The van der Waals surface area contributed by atoms with Crippen molar-refractivity contribution < 1.29 is 60.7 Å². The van der Waals surface area contributed by atoms with Crippen LogP contribution in [0.5, 0.6) is 0 Å². The molecule has 0 spiro atoms. The molecule has 9 unspecified atom stereocenters. The number of nitrogens with two attached hydrogens (primary N) is 1. The van der Waals surface area contributed by atoms with Crippen LogP contribution >= 0.6 is 0 Å². The first-order valence-corrected chi connectivity index (χ1v) is 6.64. The summed E-state index contributed by atoms with van der Waals surface area (Å²) in [5, 5.41) is 93.7. The monoisotopic (exact) mass is 361 g/mol. The topological polar surface area (TPSA) is 255 Å². The minimum absolute atomic E-state index is 0.643. The number of hydrogen-bond acceptors (Lipinski definition) is 12. The normalized spacial score (nSPS) is 23.4. The number of rotatable bonds is 11. The highest BCUT2D eigenvalue weighted by Gasteiger charge is 2.43. The van der Waals surface area contributed by atoms with Crippen LogP contribution in [0.15, 0.2) is 0 Å². The molecule has 0 heterocycles. The number of carboxylic acid groups (broad SMARTS) is 1. The van der Waals surface area contributed by atoms with Crippen LogP contribution in [0.25, 0.3) is 0 Å². The van der Waals surface area contributed by atoms with Crippen LogP contribution in [0.1, 0.15) is 0 Å². The largest absolute Gasteiger partial charge is 0.479 e. The smallest absolute Gasteiger partial charge is 0.335 e. The van der Waals surface area contributed by atoms with E-state index in [9.17, 15) is 45.6 Å². The van der Waals surface area contributed by atoms with Gasteiger partial charge in [0.15, 0.2) is 6.10 Å². The summed E-state index contributed by atoms with van der Waals surface area (Å²) in [6, 6.07) is 0. The summed E-state index contributed by atoms with van der Waals surface area (Å²) in [6.45, 7) is -0.643. The minimum atomic E-state index is -2.50. The molecule has 0 radical (unpaired) electrons. The van der Waals surface area contributed by atoms with Crippen LogP contribution in [0.4, 0.5) is 0 Å². The Hall–Kier alpha value is -0.970. The van der Waals surface area contributed by atoms with Crippen molar-refractivity contribution in [2.75, 3.05) is 6.61 Å².